The third-order valence-electron chi connectivity index (χ3n) is 3.23. The van der Waals surface area contributed by atoms with Crippen LogP contribution in [0.1, 0.15) is 23.9 Å². The lowest BCUT2D eigenvalue weighted by Crippen LogP contribution is -2.34. The Hall–Kier alpha value is -0.560. The van der Waals surface area contributed by atoms with Gasteiger partial charge in [-0.1, -0.05) is 0 Å². The fourth-order valence-corrected chi connectivity index (χ4v) is 2.64. The van der Waals surface area contributed by atoms with E-state index >= 15 is 0 Å². The third-order valence-corrected chi connectivity index (χ3v) is 3.93. The molecule has 1 atom stereocenters. The van der Waals surface area contributed by atoms with Gasteiger partial charge in [0.15, 0.2) is 0 Å². The molecule has 102 valence electrons. The third kappa shape index (κ3) is 3.26. The van der Waals surface area contributed by atoms with Gasteiger partial charge in [0.2, 0.25) is 0 Å². The Labute approximate surface area is 112 Å². The molecule has 1 aliphatic heterocycles. The van der Waals surface area contributed by atoms with Crippen molar-refractivity contribution in [2.45, 2.75) is 25.6 Å². The SMILES string of the molecule is CSCCCN1CCn2nc(C(O)CO)cc2C1. The molecule has 5 nitrogen and oxygen atoms in total. The molecule has 0 amide bonds. The highest BCUT2D eigenvalue weighted by molar-refractivity contribution is 7.98. The fourth-order valence-electron chi connectivity index (χ4n) is 2.22. The van der Waals surface area contributed by atoms with Crippen LogP contribution in [0.2, 0.25) is 0 Å². The minimum absolute atomic E-state index is 0.270. The molecule has 1 aromatic rings. The zero-order valence-electron chi connectivity index (χ0n) is 10.7. The van der Waals surface area contributed by atoms with Gasteiger partial charge in [-0.15, -0.1) is 0 Å². The van der Waals surface area contributed by atoms with Crippen LogP contribution in [0.3, 0.4) is 0 Å². The van der Waals surface area contributed by atoms with Crippen molar-refractivity contribution < 1.29 is 10.2 Å². The minimum Gasteiger partial charge on any atom is -0.393 e. The second-order valence-corrected chi connectivity index (χ2v) is 5.59. The first kappa shape index (κ1) is 13.9. The molecule has 0 saturated carbocycles. The maximum atomic E-state index is 9.58. The Morgan fingerprint density at radius 2 is 2.33 bits per heavy atom. The summed E-state index contributed by atoms with van der Waals surface area (Å²) in [6.45, 7) is 3.61. The Balaban J connectivity index is 1.94. The summed E-state index contributed by atoms with van der Waals surface area (Å²) in [6, 6.07) is 1.90. The number of thioether (sulfide) groups is 1. The summed E-state index contributed by atoms with van der Waals surface area (Å²) in [7, 11) is 0. The second-order valence-electron chi connectivity index (χ2n) is 4.60. The van der Waals surface area contributed by atoms with Crippen LogP contribution >= 0.6 is 11.8 Å². The molecule has 0 spiro atoms. The molecule has 6 heteroatoms. The number of hydrogen-bond acceptors (Lipinski definition) is 5. The van der Waals surface area contributed by atoms with E-state index in [1.807, 2.05) is 22.5 Å². The van der Waals surface area contributed by atoms with Crippen molar-refractivity contribution in [2.75, 3.05) is 31.7 Å². The molecular weight excluding hydrogens is 250 g/mol. The molecule has 0 radical (unpaired) electrons. The normalized spacial score (nSPS) is 17.7. The smallest absolute Gasteiger partial charge is 0.121 e. The summed E-state index contributed by atoms with van der Waals surface area (Å²) in [6.07, 6.45) is 2.49. The van der Waals surface area contributed by atoms with Crippen molar-refractivity contribution in [3.63, 3.8) is 0 Å². The number of hydrogen-bond donors (Lipinski definition) is 2. The maximum absolute atomic E-state index is 9.58. The van der Waals surface area contributed by atoms with E-state index in [-0.39, 0.29) is 6.61 Å². The van der Waals surface area contributed by atoms with Crippen LogP contribution in [0.15, 0.2) is 6.07 Å². The standard InChI is InChI=1S/C12H21N3O2S/c1-18-6-2-3-14-4-5-15-10(8-14)7-11(13-15)12(17)9-16/h7,12,16-17H,2-6,8-9H2,1H3. The van der Waals surface area contributed by atoms with E-state index in [0.717, 1.165) is 31.9 Å². The molecule has 0 bridgehead atoms. The fraction of sp³-hybridized carbons (Fsp3) is 0.750. The van der Waals surface area contributed by atoms with Gasteiger partial charge >= 0.3 is 0 Å². The number of rotatable bonds is 6. The van der Waals surface area contributed by atoms with Gasteiger partial charge in [0.05, 0.1) is 24.5 Å². The Bertz CT molecular complexity index is 383. The first-order chi connectivity index (χ1) is 8.74. The molecular formula is C12H21N3O2S. The molecule has 2 heterocycles. The van der Waals surface area contributed by atoms with Gasteiger partial charge in [-0.05, 0) is 31.0 Å². The highest BCUT2D eigenvalue weighted by atomic mass is 32.2. The number of aliphatic hydroxyl groups is 2. The Morgan fingerprint density at radius 3 is 3.06 bits per heavy atom. The van der Waals surface area contributed by atoms with Crippen LogP contribution in [0.4, 0.5) is 0 Å². The first-order valence-electron chi connectivity index (χ1n) is 6.31. The molecule has 0 fully saturated rings. The molecule has 1 unspecified atom stereocenters. The van der Waals surface area contributed by atoms with E-state index in [2.05, 4.69) is 16.3 Å². The van der Waals surface area contributed by atoms with Crippen molar-refractivity contribution in [1.29, 1.82) is 0 Å². The molecule has 0 aromatic carbocycles. The van der Waals surface area contributed by atoms with Crippen LogP contribution in [0.25, 0.3) is 0 Å². The predicted molar refractivity (Wildman–Crippen MR) is 72.5 cm³/mol. The monoisotopic (exact) mass is 271 g/mol. The summed E-state index contributed by atoms with van der Waals surface area (Å²) in [5.74, 6) is 1.20. The van der Waals surface area contributed by atoms with Gasteiger partial charge in [-0.3, -0.25) is 9.58 Å². The molecule has 2 rings (SSSR count). The van der Waals surface area contributed by atoms with E-state index in [0.29, 0.717) is 5.69 Å². The number of aliphatic hydroxyl groups excluding tert-OH is 2. The van der Waals surface area contributed by atoms with Gasteiger partial charge in [0, 0.05) is 13.1 Å². The predicted octanol–water partition coefficient (Wildman–Crippen LogP) is 0.477. The lowest BCUT2D eigenvalue weighted by Gasteiger charge is -2.27. The molecule has 2 N–H and O–H groups in total. The summed E-state index contributed by atoms with van der Waals surface area (Å²) < 4.78 is 1.94. The van der Waals surface area contributed by atoms with Gasteiger partial charge in [-0.2, -0.15) is 16.9 Å². The summed E-state index contributed by atoms with van der Waals surface area (Å²) in [4.78, 5) is 2.42. The molecule has 18 heavy (non-hydrogen) atoms. The van der Waals surface area contributed by atoms with Crippen LogP contribution in [0.5, 0.6) is 0 Å². The van der Waals surface area contributed by atoms with E-state index < -0.39 is 6.10 Å². The van der Waals surface area contributed by atoms with E-state index in [9.17, 15) is 5.11 Å². The number of nitrogens with zero attached hydrogens (tertiary/aromatic N) is 3. The average Bonchev–Trinajstić information content (AvgIpc) is 2.81. The van der Waals surface area contributed by atoms with E-state index in [1.165, 1.54) is 12.2 Å². The first-order valence-corrected chi connectivity index (χ1v) is 7.71. The van der Waals surface area contributed by atoms with Crippen LogP contribution in [-0.2, 0) is 13.1 Å². The van der Waals surface area contributed by atoms with Crippen molar-refractivity contribution in [3.05, 3.63) is 17.5 Å². The van der Waals surface area contributed by atoms with E-state index in [1.54, 1.807) is 0 Å². The molecule has 0 aliphatic carbocycles. The zero-order valence-corrected chi connectivity index (χ0v) is 11.6. The lowest BCUT2D eigenvalue weighted by atomic mass is 10.2. The summed E-state index contributed by atoms with van der Waals surface area (Å²) in [5.41, 5.74) is 1.71. The lowest BCUT2D eigenvalue weighted by molar-refractivity contribution is 0.0915. The minimum atomic E-state index is -0.854. The quantitative estimate of drug-likeness (QED) is 0.737. The Kier molecular flexibility index (Phi) is 5.05. The topological polar surface area (TPSA) is 61.5 Å². The van der Waals surface area contributed by atoms with Gasteiger partial charge in [0.25, 0.3) is 0 Å². The molecule has 0 saturated heterocycles. The summed E-state index contributed by atoms with van der Waals surface area (Å²) >= 11 is 1.88. The van der Waals surface area contributed by atoms with Gasteiger partial charge in [0.1, 0.15) is 6.10 Å². The Morgan fingerprint density at radius 1 is 1.50 bits per heavy atom. The molecule has 1 aromatic heterocycles. The average molecular weight is 271 g/mol. The second kappa shape index (κ2) is 6.56. The van der Waals surface area contributed by atoms with Crippen molar-refractivity contribution in [2.24, 2.45) is 0 Å². The van der Waals surface area contributed by atoms with Crippen LogP contribution < -0.4 is 0 Å². The number of fused-ring (bicyclic) bond motifs is 1. The largest absolute Gasteiger partial charge is 0.393 e. The van der Waals surface area contributed by atoms with Crippen LogP contribution in [0, 0.1) is 0 Å². The number of aromatic nitrogens is 2. The van der Waals surface area contributed by atoms with Gasteiger partial charge < -0.3 is 10.2 Å². The van der Waals surface area contributed by atoms with Crippen molar-refractivity contribution in [3.8, 4) is 0 Å². The van der Waals surface area contributed by atoms with Gasteiger partial charge in [-0.25, -0.2) is 0 Å². The van der Waals surface area contributed by atoms with Crippen LogP contribution in [-0.4, -0.2) is 56.6 Å². The summed E-state index contributed by atoms with van der Waals surface area (Å²) in [5, 5.41) is 22.8. The highest BCUT2D eigenvalue weighted by Crippen LogP contribution is 2.18. The highest BCUT2D eigenvalue weighted by Gasteiger charge is 2.20. The zero-order chi connectivity index (χ0) is 13.0. The van der Waals surface area contributed by atoms with Crippen molar-refractivity contribution >= 4 is 11.8 Å². The maximum Gasteiger partial charge on any atom is 0.121 e. The molecule has 1 aliphatic rings. The van der Waals surface area contributed by atoms with E-state index in [4.69, 9.17) is 5.11 Å². The van der Waals surface area contributed by atoms with Crippen molar-refractivity contribution in [1.82, 2.24) is 14.7 Å².